The highest BCUT2D eigenvalue weighted by Crippen LogP contribution is 2.16. The van der Waals surface area contributed by atoms with E-state index < -0.39 is 10.0 Å². The third-order valence-electron chi connectivity index (χ3n) is 5.22. The van der Waals surface area contributed by atoms with Crippen LogP contribution >= 0.6 is 0 Å². The lowest BCUT2D eigenvalue weighted by Crippen LogP contribution is -2.44. The molecular formula is C21H27N3O3S. The van der Waals surface area contributed by atoms with Crippen molar-refractivity contribution in [2.24, 2.45) is 5.14 Å². The summed E-state index contributed by atoms with van der Waals surface area (Å²) >= 11 is 0. The first-order valence-corrected chi connectivity index (χ1v) is 11.0. The number of carbonyl (C=O) groups is 1. The number of amides is 1. The van der Waals surface area contributed by atoms with Crippen molar-refractivity contribution in [2.75, 3.05) is 13.1 Å². The van der Waals surface area contributed by atoms with Crippen LogP contribution in [0.4, 0.5) is 0 Å². The second-order valence-corrected chi connectivity index (χ2v) is 8.97. The van der Waals surface area contributed by atoms with Crippen molar-refractivity contribution in [3.8, 4) is 0 Å². The Labute approximate surface area is 166 Å². The average Bonchev–Trinajstić information content (AvgIpc) is 2.65. The minimum absolute atomic E-state index is 0.0410. The van der Waals surface area contributed by atoms with Gasteiger partial charge in [-0.3, -0.25) is 9.69 Å². The molecule has 1 saturated heterocycles. The number of primary sulfonamides is 1. The highest BCUT2D eigenvalue weighted by Gasteiger charge is 2.21. The Morgan fingerprint density at radius 2 is 1.75 bits per heavy atom. The van der Waals surface area contributed by atoms with E-state index in [1.54, 1.807) is 12.1 Å². The van der Waals surface area contributed by atoms with Crippen LogP contribution in [0.15, 0.2) is 53.4 Å². The standard InChI is InChI=1S/C21H27N3O3S/c1-16-4-2-3-5-18(16)15-24-12-10-19(11-13-24)23-21(25)14-17-6-8-20(9-7-17)28(22,26)27/h2-9,19H,10-15H2,1H3,(H,23,25)(H2,22,26,27). The molecule has 0 radical (unpaired) electrons. The number of benzene rings is 2. The minimum atomic E-state index is -3.71. The molecule has 0 saturated carbocycles. The zero-order valence-electron chi connectivity index (χ0n) is 16.1. The second-order valence-electron chi connectivity index (χ2n) is 7.41. The van der Waals surface area contributed by atoms with Gasteiger partial charge in [-0.15, -0.1) is 0 Å². The SMILES string of the molecule is Cc1ccccc1CN1CCC(NC(=O)Cc2ccc(S(N)(=O)=O)cc2)CC1. The fourth-order valence-corrected chi connectivity index (χ4v) is 4.04. The third kappa shape index (κ3) is 5.64. The number of hydrogen-bond acceptors (Lipinski definition) is 4. The Balaban J connectivity index is 1.45. The van der Waals surface area contributed by atoms with Crippen molar-refractivity contribution in [1.82, 2.24) is 10.2 Å². The summed E-state index contributed by atoms with van der Waals surface area (Å²) in [5.41, 5.74) is 3.43. The molecule has 1 aliphatic heterocycles. The monoisotopic (exact) mass is 401 g/mol. The van der Waals surface area contributed by atoms with Crippen LogP contribution in [0.2, 0.25) is 0 Å². The molecule has 0 unspecified atom stereocenters. The largest absolute Gasteiger partial charge is 0.353 e. The minimum Gasteiger partial charge on any atom is -0.353 e. The molecule has 7 heteroatoms. The van der Waals surface area contributed by atoms with Gasteiger partial charge < -0.3 is 5.32 Å². The van der Waals surface area contributed by atoms with E-state index in [-0.39, 0.29) is 23.3 Å². The number of sulfonamides is 1. The first-order valence-electron chi connectivity index (χ1n) is 9.49. The summed E-state index contributed by atoms with van der Waals surface area (Å²) in [7, 11) is -3.71. The molecule has 150 valence electrons. The molecule has 1 aliphatic rings. The smallest absolute Gasteiger partial charge is 0.238 e. The third-order valence-corrected chi connectivity index (χ3v) is 6.15. The summed E-state index contributed by atoms with van der Waals surface area (Å²) in [5.74, 6) is -0.0410. The number of nitrogens with one attached hydrogen (secondary N) is 1. The lowest BCUT2D eigenvalue weighted by Gasteiger charge is -2.32. The maximum Gasteiger partial charge on any atom is 0.238 e. The number of likely N-dealkylation sites (tertiary alicyclic amines) is 1. The van der Waals surface area contributed by atoms with Gasteiger partial charge in [0.1, 0.15) is 0 Å². The normalized spacial score (nSPS) is 16.1. The van der Waals surface area contributed by atoms with Gasteiger partial charge in [-0.2, -0.15) is 0 Å². The van der Waals surface area contributed by atoms with E-state index in [9.17, 15) is 13.2 Å². The van der Waals surface area contributed by atoms with Crippen molar-refractivity contribution < 1.29 is 13.2 Å². The Kier molecular flexibility index (Phi) is 6.49. The summed E-state index contributed by atoms with van der Waals surface area (Å²) < 4.78 is 22.6. The number of nitrogens with zero attached hydrogens (tertiary/aromatic N) is 1. The molecule has 0 aliphatic carbocycles. The highest BCUT2D eigenvalue weighted by atomic mass is 32.2. The van der Waals surface area contributed by atoms with Gasteiger partial charge in [-0.25, -0.2) is 13.6 Å². The van der Waals surface area contributed by atoms with E-state index in [1.807, 2.05) is 0 Å². The molecule has 28 heavy (non-hydrogen) atoms. The van der Waals surface area contributed by atoms with E-state index in [1.165, 1.54) is 23.3 Å². The molecule has 2 aromatic rings. The Bertz CT molecular complexity index is 918. The first-order chi connectivity index (χ1) is 13.3. The maximum atomic E-state index is 12.3. The van der Waals surface area contributed by atoms with Crippen LogP contribution in [0.3, 0.4) is 0 Å². The van der Waals surface area contributed by atoms with Gasteiger partial charge >= 0.3 is 0 Å². The molecule has 3 rings (SSSR count). The molecule has 2 aromatic carbocycles. The van der Waals surface area contributed by atoms with Crippen molar-refractivity contribution in [1.29, 1.82) is 0 Å². The number of hydrogen-bond donors (Lipinski definition) is 2. The molecule has 0 spiro atoms. The topological polar surface area (TPSA) is 92.5 Å². The van der Waals surface area contributed by atoms with Crippen molar-refractivity contribution >= 4 is 15.9 Å². The molecule has 0 atom stereocenters. The van der Waals surface area contributed by atoms with E-state index in [0.29, 0.717) is 0 Å². The fraction of sp³-hybridized carbons (Fsp3) is 0.381. The van der Waals surface area contributed by atoms with E-state index in [0.717, 1.165) is 38.0 Å². The first kappa shape index (κ1) is 20.5. The molecule has 0 bridgehead atoms. The van der Waals surface area contributed by atoms with E-state index in [4.69, 9.17) is 5.14 Å². The van der Waals surface area contributed by atoms with Gasteiger partial charge in [-0.1, -0.05) is 36.4 Å². The summed E-state index contributed by atoms with van der Waals surface area (Å²) in [4.78, 5) is 14.8. The lowest BCUT2D eigenvalue weighted by molar-refractivity contribution is -0.121. The van der Waals surface area contributed by atoms with Gasteiger partial charge in [-0.05, 0) is 48.6 Å². The number of rotatable bonds is 6. The summed E-state index contributed by atoms with van der Waals surface area (Å²) in [6.45, 7) is 5.01. The van der Waals surface area contributed by atoms with E-state index >= 15 is 0 Å². The molecule has 1 heterocycles. The number of aryl methyl sites for hydroxylation is 1. The maximum absolute atomic E-state index is 12.3. The average molecular weight is 402 g/mol. The molecule has 0 aromatic heterocycles. The van der Waals surface area contributed by atoms with Crippen molar-refractivity contribution in [3.05, 3.63) is 65.2 Å². The summed E-state index contributed by atoms with van der Waals surface area (Å²) in [5, 5.41) is 8.19. The molecule has 1 amide bonds. The van der Waals surface area contributed by atoms with Crippen LogP contribution in [0, 0.1) is 6.92 Å². The Hall–Kier alpha value is -2.22. The predicted octanol–water partition coefficient (Wildman–Crippen LogP) is 1.97. The van der Waals surface area contributed by atoms with Crippen LogP contribution in [-0.4, -0.2) is 38.4 Å². The molecule has 6 nitrogen and oxygen atoms in total. The Morgan fingerprint density at radius 3 is 2.36 bits per heavy atom. The molecule has 1 fully saturated rings. The van der Waals surface area contributed by atoms with Gasteiger partial charge in [0.2, 0.25) is 15.9 Å². The number of nitrogens with two attached hydrogens (primary N) is 1. The highest BCUT2D eigenvalue weighted by molar-refractivity contribution is 7.89. The van der Waals surface area contributed by atoms with Crippen LogP contribution in [0.1, 0.15) is 29.5 Å². The van der Waals surface area contributed by atoms with Gasteiger partial charge in [0.05, 0.1) is 11.3 Å². The lowest BCUT2D eigenvalue weighted by atomic mass is 10.0. The van der Waals surface area contributed by atoms with Gasteiger partial charge in [0, 0.05) is 25.7 Å². The predicted molar refractivity (Wildman–Crippen MR) is 109 cm³/mol. The zero-order chi connectivity index (χ0) is 20.1. The second kappa shape index (κ2) is 8.86. The van der Waals surface area contributed by atoms with Crippen LogP contribution in [0.25, 0.3) is 0 Å². The van der Waals surface area contributed by atoms with E-state index in [2.05, 4.69) is 41.4 Å². The van der Waals surface area contributed by atoms with Crippen molar-refractivity contribution in [3.63, 3.8) is 0 Å². The summed E-state index contributed by atoms with van der Waals surface area (Å²) in [6.07, 6.45) is 2.10. The Morgan fingerprint density at radius 1 is 1.11 bits per heavy atom. The number of carbonyl (C=O) groups excluding carboxylic acids is 1. The zero-order valence-corrected chi connectivity index (χ0v) is 16.9. The van der Waals surface area contributed by atoms with Gasteiger partial charge in [0.15, 0.2) is 0 Å². The fourth-order valence-electron chi connectivity index (χ4n) is 3.52. The van der Waals surface area contributed by atoms with Crippen LogP contribution in [0.5, 0.6) is 0 Å². The van der Waals surface area contributed by atoms with Crippen molar-refractivity contribution in [2.45, 2.75) is 43.7 Å². The van der Waals surface area contributed by atoms with Crippen LogP contribution in [-0.2, 0) is 27.8 Å². The van der Waals surface area contributed by atoms with Crippen LogP contribution < -0.4 is 10.5 Å². The molecular weight excluding hydrogens is 374 g/mol. The van der Waals surface area contributed by atoms with Gasteiger partial charge in [0.25, 0.3) is 0 Å². The molecule has 3 N–H and O–H groups in total. The number of piperidine rings is 1. The quantitative estimate of drug-likeness (QED) is 0.774. The summed E-state index contributed by atoms with van der Waals surface area (Å²) in [6, 6.07) is 14.7.